The fourth-order valence-corrected chi connectivity index (χ4v) is 2.68. The van der Waals surface area contributed by atoms with Gasteiger partial charge in [0.2, 0.25) is 0 Å². The van der Waals surface area contributed by atoms with Gasteiger partial charge in [0.1, 0.15) is 5.75 Å². The second kappa shape index (κ2) is 5.37. The maximum Gasteiger partial charge on any atom is 0.346 e. The van der Waals surface area contributed by atoms with Crippen molar-refractivity contribution in [3.8, 4) is 5.75 Å². The summed E-state index contributed by atoms with van der Waals surface area (Å²) in [5.41, 5.74) is 2.35. The molecule has 0 saturated carbocycles. The zero-order valence-corrected chi connectivity index (χ0v) is 12.5. The van der Waals surface area contributed by atoms with Crippen LogP contribution in [0.5, 0.6) is 5.75 Å². The number of carbonyl (C=O) groups excluding carboxylic acids is 1. The number of amides is 2. The van der Waals surface area contributed by atoms with Gasteiger partial charge < -0.3 is 10.1 Å². The van der Waals surface area contributed by atoms with E-state index in [-0.39, 0.29) is 18.1 Å². The standard InChI is InChI=1S/C16H15ClN2O2/c1-9(2)21-14-5-3-4-11(15(14)17)10-6-7-12-13(8-10)19-16(20)18-12/h3-10H,1-2H3,(H,19,20). The van der Waals surface area contributed by atoms with Crippen molar-refractivity contribution in [2.24, 2.45) is 4.99 Å². The number of ether oxygens (including phenoxy) is 1. The Morgan fingerprint density at radius 3 is 2.95 bits per heavy atom. The molecule has 4 nitrogen and oxygen atoms in total. The van der Waals surface area contributed by atoms with E-state index in [1.807, 2.05) is 50.3 Å². The SMILES string of the molecule is CC(C)Oc1cccc(C2C=CC3=NC(=O)NC3=C2)c1Cl. The third-order valence-corrected chi connectivity index (χ3v) is 3.67. The van der Waals surface area contributed by atoms with Crippen molar-refractivity contribution >= 4 is 23.3 Å². The van der Waals surface area contributed by atoms with Gasteiger partial charge in [-0.15, -0.1) is 0 Å². The molecule has 1 aliphatic carbocycles. The van der Waals surface area contributed by atoms with E-state index in [4.69, 9.17) is 16.3 Å². The van der Waals surface area contributed by atoms with E-state index in [2.05, 4.69) is 10.3 Å². The van der Waals surface area contributed by atoms with Gasteiger partial charge in [0.15, 0.2) is 0 Å². The summed E-state index contributed by atoms with van der Waals surface area (Å²) in [4.78, 5) is 15.1. The normalized spacial score (nSPS) is 20.0. The van der Waals surface area contributed by atoms with E-state index in [0.717, 1.165) is 11.3 Å². The lowest BCUT2D eigenvalue weighted by atomic mass is 9.92. The molecule has 1 atom stereocenters. The van der Waals surface area contributed by atoms with Gasteiger partial charge in [-0.3, -0.25) is 0 Å². The molecule has 0 radical (unpaired) electrons. The molecular formula is C16H15ClN2O2. The second-order valence-corrected chi connectivity index (χ2v) is 5.60. The lowest BCUT2D eigenvalue weighted by molar-refractivity contribution is 0.242. The summed E-state index contributed by atoms with van der Waals surface area (Å²) in [5, 5.41) is 3.31. The van der Waals surface area contributed by atoms with Crippen molar-refractivity contribution < 1.29 is 9.53 Å². The van der Waals surface area contributed by atoms with Gasteiger partial charge in [0, 0.05) is 5.92 Å². The first-order valence-corrected chi connectivity index (χ1v) is 7.17. The Morgan fingerprint density at radius 2 is 2.19 bits per heavy atom. The Hall–Kier alpha value is -2.07. The van der Waals surface area contributed by atoms with Crippen molar-refractivity contribution in [2.45, 2.75) is 25.9 Å². The number of benzene rings is 1. The summed E-state index contributed by atoms with van der Waals surface area (Å²) in [7, 11) is 0. The van der Waals surface area contributed by atoms with Crippen molar-refractivity contribution in [1.29, 1.82) is 0 Å². The molecule has 1 aliphatic heterocycles. The van der Waals surface area contributed by atoms with Crippen LogP contribution in [0.15, 0.2) is 47.1 Å². The number of rotatable bonds is 3. The minimum absolute atomic E-state index is 0.0134. The fraction of sp³-hybridized carbons (Fsp3) is 0.250. The summed E-state index contributed by atoms with van der Waals surface area (Å²) in [6, 6.07) is 5.41. The van der Waals surface area contributed by atoms with Crippen LogP contribution in [0.25, 0.3) is 0 Å². The molecule has 1 aromatic rings. The molecule has 0 bridgehead atoms. The van der Waals surface area contributed by atoms with Crippen LogP contribution in [0, 0.1) is 0 Å². The number of fused-ring (bicyclic) bond motifs is 1. The van der Waals surface area contributed by atoms with Gasteiger partial charge in [0.05, 0.1) is 22.5 Å². The third kappa shape index (κ3) is 2.72. The average Bonchev–Trinajstić information content (AvgIpc) is 2.79. The van der Waals surface area contributed by atoms with E-state index >= 15 is 0 Å². The van der Waals surface area contributed by atoms with Crippen LogP contribution in [0.1, 0.15) is 25.3 Å². The van der Waals surface area contributed by atoms with E-state index in [1.165, 1.54) is 0 Å². The average molecular weight is 303 g/mol. The lowest BCUT2D eigenvalue weighted by Crippen LogP contribution is -2.17. The first kappa shape index (κ1) is 13.9. The van der Waals surface area contributed by atoms with E-state index < -0.39 is 0 Å². The smallest absolute Gasteiger partial charge is 0.346 e. The molecule has 3 rings (SSSR count). The molecule has 1 unspecified atom stereocenters. The molecule has 1 aromatic carbocycles. The maximum absolute atomic E-state index is 11.3. The number of nitrogens with zero attached hydrogens (tertiary/aromatic N) is 1. The highest BCUT2D eigenvalue weighted by Gasteiger charge is 2.24. The molecule has 21 heavy (non-hydrogen) atoms. The molecule has 0 saturated heterocycles. The Balaban J connectivity index is 1.94. The Kier molecular flexibility index (Phi) is 3.55. The summed E-state index contributed by atoms with van der Waals surface area (Å²) in [5.74, 6) is 0.659. The predicted octanol–water partition coefficient (Wildman–Crippen LogP) is 3.83. The van der Waals surface area contributed by atoms with Gasteiger partial charge in [-0.1, -0.05) is 29.8 Å². The van der Waals surface area contributed by atoms with E-state index in [9.17, 15) is 4.79 Å². The number of halogens is 1. The van der Waals surface area contributed by atoms with Crippen molar-refractivity contribution in [3.05, 3.63) is 52.7 Å². The molecule has 108 valence electrons. The Morgan fingerprint density at radius 1 is 1.38 bits per heavy atom. The number of hydrogen-bond donors (Lipinski definition) is 1. The number of allylic oxidation sites excluding steroid dienone is 3. The molecule has 2 aliphatic rings. The largest absolute Gasteiger partial charge is 0.489 e. The van der Waals surface area contributed by atoms with Crippen LogP contribution >= 0.6 is 11.6 Å². The minimum atomic E-state index is -0.329. The highest BCUT2D eigenvalue weighted by Crippen LogP contribution is 2.36. The molecule has 0 spiro atoms. The van der Waals surface area contributed by atoms with Crippen LogP contribution in [-0.2, 0) is 0 Å². The number of hydrogen-bond acceptors (Lipinski definition) is 2. The maximum atomic E-state index is 11.3. The van der Waals surface area contributed by atoms with Crippen molar-refractivity contribution in [2.75, 3.05) is 0 Å². The molecule has 1 N–H and O–H groups in total. The van der Waals surface area contributed by atoms with Crippen LogP contribution in [-0.4, -0.2) is 17.8 Å². The molecule has 1 heterocycles. The lowest BCUT2D eigenvalue weighted by Gasteiger charge is -2.18. The number of nitrogens with one attached hydrogen (secondary N) is 1. The van der Waals surface area contributed by atoms with Crippen molar-refractivity contribution in [3.63, 3.8) is 0 Å². The highest BCUT2D eigenvalue weighted by atomic mass is 35.5. The first-order valence-electron chi connectivity index (χ1n) is 6.79. The number of urea groups is 1. The van der Waals surface area contributed by atoms with Gasteiger partial charge in [0.25, 0.3) is 0 Å². The molecular weight excluding hydrogens is 288 g/mol. The zero-order valence-electron chi connectivity index (χ0n) is 11.8. The summed E-state index contributed by atoms with van der Waals surface area (Å²) in [6.07, 6.45) is 5.82. The molecule has 2 amide bonds. The predicted molar refractivity (Wildman–Crippen MR) is 83.1 cm³/mol. The van der Waals surface area contributed by atoms with Crippen molar-refractivity contribution in [1.82, 2.24) is 5.32 Å². The minimum Gasteiger partial charge on any atom is -0.489 e. The highest BCUT2D eigenvalue weighted by molar-refractivity contribution is 6.33. The summed E-state index contributed by atoms with van der Waals surface area (Å²) >= 11 is 6.45. The number of carbonyl (C=O) groups is 1. The van der Waals surface area contributed by atoms with Gasteiger partial charge in [-0.2, -0.15) is 4.99 Å². The number of aliphatic imine (C=N–C) groups is 1. The van der Waals surface area contributed by atoms with Crippen LogP contribution < -0.4 is 10.1 Å². The van der Waals surface area contributed by atoms with Gasteiger partial charge in [-0.25, -0.2) is 4.79 Å². The van der Waals surface area contributed by atoms with Gasteiger partial charge in [-0.05, 0) is 37.6 Å². The zero-order chi connectivity index (χ0) is 15.0. The van der Waals surface area contributed by atoms with E-state index in [1.54, 1.807) is 0 Å². The summed E-state index contributed by atoms with van der Waals surface area (Å²) < 4.78 is 5.71. The Labute approximate surface area is 128 Å². The van der Waals surface area contributed by atoms with Crippen LogP contribution in [0.4, 0.5) is 4.79 Å². The molecule has 0 aromatic heterocycles. The molecule has 5 heteroatoms. The van der Waals surface area contributed by atoms with E-state index in [0.29, 0.717) is 16.5 Å². The quantitative estimate of drug-likeness (QED) is 0.922. The monoisotopic (exact) mass is 302 g/mol. The topological polar surface area (TPSA) is 50.7 Å². The summed E-state index contributed by atoms with van der Waals surface area (Å²) in [6.45, 7) is 3.92. The third-order valence-electron chi connectivity index (χ3n) is 3.26. The second-order valence-electron chi connectivity index (χ2n) is 5.22. The fourth-order valence-electron chi connectivity index (χ4n) is 2.38. The van der Waals surface area contributed by atoms with Crippen LogP contribution in [0.3, 0.4) is 0 Å². The molecule has 0 fully saturated rings. The van der Waals surface area contributed by atoms with Gasteiger partial charge >= 0.3 is 6.03 Å². The first-order chi connectivity index (χ1) is 10.0. The Bertz CT molecular complexity index is 690. The van der Waals surface area contributed by atoms with Crippen LogP contribution in [0.2, 0.25) is 5.02 Å².